The quantitative estimate of drug-likeness (QED) is 0.317. The van der Waals surface area contributed by atoms with Crippen LogP contribution in [0.4, 0.5) is 0 Å². The van der Waals surface area contributed by atoms with Gasteiger partial charge in [-0.05, 0) is 43.7 Å². The van der Waals surface area contributed by atoms with Crippen LogP contribution in [0.15, 0.2) is 29.5 Å². The normalized spacial score (nSPS) is 14.6. The summed E-state index contributed by atoms with van der Waals surface area (Å²) in [6, 6.07) is 4.02. The van der Waals surface area contributed by atoms with E-state index in [1.165, 1.54) is 17.7 Å². The summed E-state index contributed by atoms with van der Waals surface area (Å²) in [5, 5.41) is 7.86. The number of nitrogens with zero attached hydrogens (tertiary/aromatic N) is 3. The largest absolute Gasteiger partial charge is 0.474 e. The summed E-state index contributed by atoms with van der Waals surface area (Å²) >= 11 is 1.78. The molecule has 154 valence electrons. The van der Waals surface area contributed by atoms with Crippen molar-refractivity contribution in [1.82, 2.24) is 20.6 Å². The first-order valence-electron chi connectivity index (χ1n) is 9.76. The molecule has 1 fully saturated rings. The van der Waals surface area contributed by atoms with Gasteiger partial charge < -0.3 is 15.4 Å². The molecule has 2 N–H and O–H groups in total. The standard InChI is InChI=1S/C20H29N5OS.HI/c1-3-17-14-24-19(27-17)9-11-23-20(21-2)25-13-15-8-10-22-18(12-15)26-16-6-4-5-7-16;/h8,10,12,14,16H,3-7,9,11,13H2,1-2H3,(H2,21,23,25);1H. The zero-order chi connectivity index (χ0) is 18.9. The Morgan fingerprint density at radius 1 is 1.29 bits per heavy atom. The number of hydrogen-bond donors (Lipinski definition) is 2. The smallest absolute Gasteiger partial charge is 0.213 e. The average molecular weight is 515 g/mol. The van der Waals surface area contributed by atoms with E-state index in [4.69, 9.17) is 4.74 Å². The molecule has 2 aromatic rings. The van der Waals surface area contributed by atoms with Gasteiger partial charge in [-0.15, -0.1) is 35.3 Å². The third-order valence-corrected chi connectivity index (χ3v) is 5.86. The molecule has 0 saturated heterocycles. The maximum atomic E-state index is 5.98. The fourth-order valence-electron chi connectivity index (χ4n) is 3.12. The number of aliphatic imine (C=N–C) groups is 1. The summed E-state index contributed by atoms with van der Waals surface area (Å²) in [6.45, 7) is 3.65. The summed E-state index contributed by atoms with van der Waals surface area (Å²) < 4.78 is 5.98. The number of thiazole rings is 1. The van der Waals surface area contributed by atoms with Crippen molar-refractivity contribution in [1.29, 1.82) is 0 Å². The van der Waals surface area contributed by atoms with E-state index in [0.717, 1.165) is 54.6 Å². The van der Waals surface area contributed by atoms with E-state index in [9.17, 15) is 0 Å². The number of aryl methyl sites for hydroxylation is 1. The molecule has 2 aromatic heterocycles. The van der Waals surface area contributed by atoms with E-state index < -0.39 is 0 Å². The Hall–Kier alpha value is -1.42. The van der Waals surface area contributed by atoms with Crippen molar-refractivity contribution in [3.63, 3.8) is 0 Å². The first kappa shape index (κ1) is 22.9. The molecule has 0 spiro atoms. The zero-order valence-corrected chi connectivity index (χ0v) is 19.8. The Morgan fingerprint density at radius 2 is 2.11 bits per heavy atom. The van der Waals surface area contributed by atoms with Gasteiger partial charge in [0.2, 0.25) is 5.88 Å². The van der Waals surface area contributed by atoms with Gasteiger partial charge in [0.1, 0.15) is 6.10 Å². The Labute approximate surface area is 188 Å². The first-order chi connectivity index (χ1) is 13.3. The highest BCUT2D eigenvalue weighted by Gasteiger charge is 2.17. The Kier molecular flexibility index (Phi) is 9.97. The van der Waals surface area contributed by atoms with Gasteiger partial charge in [0.05, 0.1) is 5.01 Å². The van der Waals surface area contributed by atoms with Gasteiger partial charge in [-0.2, -0.15) is 0 Å². The number of pyridine rings is 1. The van der Waals surface area contributed by atoms with Crippen LogP contribution in [0.2, 0.25) is 0 Å². The molecule has 0 atom stereocenters. The first-order valence-corrected chi connectivity index (χ1v) is 10.6. The lowest BCUT2D eigenvalue weighted by atomic mass is 10.2. The number of guanidine groups is 1. The maximum Gasteiger partial charge on any atom is 0.213 e. The molecule has 3 rings (SSSR count). The van der Waals surface area contributed by atoms with E-state index in [2.05, 4.69) is 32.5 Å². The molecule has 0 aromatic carbocycles. The minimum absolute atomic E-state index is 0. The van der Waals surface area contributed by atoms with Crippen molar-refractivity contribution >= 4 is 41.3 Å². The molecular formula is C20H30IN5OS. The number of aromatic nitrogens is 2. The van der Waals surface area contributed by atoms with E-state index >= 15 is 0 Å². The molecule has 28 heavy (non-hydrogen) atoms. The Balaban J connectivity index is 0.00000280. The van der Waals surface area contributed by atoms with E-state index in [1.54, 1.807) is 18.4 Å². The fraction of sp³-hybridized carbons (Fsp3) is 0.550. The van der Waals surface area contributed by atoms with Crippen molar-refractivity contribution in [2.45, 2.75) is 58.1 Å². The molecule has 0 amide bonds. The van der Waals surface area contributed by atoms with Crippen LogP contribution < -0.4 is 15.4 Å². The van der Waals surface area contributed by atoms with Gasteiger partial charge in [-0.25, -0.2) is 9.97 Å². The van der Waals surface area contributed by atoms with Crippen LogP contribution in [0.3, 0.4) is 0 Å². The minimum Gasteiger partial charge on any atom is -0.474 e. The van der Waals surface area contributed by atoms with Crippen LogP contribution in [-0.4, -0.2) is 35.6 Å². The lowest BCUT2D eigenvalue weighted by Gasteiger charge is -2.14. The minimum atomic E-state index is 0. The second-order valence-corrected chi connectivity index (χ2v) is 7.90. The molecule has 0 unspecified atom stereocenters. The third-order valence-electron chi connectivity index (χ3n) is 4.65. The van der Waals surface area contributed by atoms with Crippen LogP contribution in [0.25, 0.3) is 0 Å². The lowest BCUT2D eigenvalue weighted by molar-refractivity contribution is 0.201. The summed E-state index contributed by atoms with van der Waals surface area (Å²) in [6.07, 6.45) is 10.9. The molecule has 2 heterocycles. The molecule has 0 aliphatic heterocycles. The van der Waals surface area contributed by atoms with Gasteiger partial charge in [0, 0.05) is 49.9 Å². The highest BCUT2D eigenvalue weighted by molar-refractivity contribution is 14.0. The Bertz CT molecular complexity index is 746. The zero-order valence-electron chi connectivity index (χ0n) is 16.6. The number of nitrogens with one attached hydrogen (secondary N) is 2. The molecule has 6 nitrogen and oxygen atoms in total. The van der Waals surface area contributed by atoms with Crippen molar-refractivity contribution in [3.8, 4) is 5.88 Å². The van der Waals surface area contributed by atoms with Crippen LogP contribution in [0, 0.1) is 0 Å². The van der Waals surface area contributed by atoms with E-state index in [0.29, 0.717) is 12.6 Å². The van der Waals surface area contributed by atoms with Crippen molar-refractivity contribution in [3.05, 3.63) is 40.0 Å². The van der Waals surface area contributed by atoms with Crippen LogP contribution in [0.1, 0.15) is 48.1 Å². The predicted molar refractivity (Wildman–Crippen MR) is 126 cm³/mol. The highest BCUT2D eigenvalue weighted by Crippen LogP contribution is 2.23. The summed E-state index contributed by atoms with van der Waals surface area (Å²) in [5.74, 6) is 1.51. The number of hydrogen-bond acceptors (Lipinski definition) is 5. The van der Waals surface area contributed by atoms with Gasteiger partial charge in [-0.3, -0.25) is 4.99 Å². The molecule has 1 aliphatic rings. The Morgan fingerprint density at radius 3 is 2.82 bits per heavy atom. The summed E-state index contributed by atoms with van der Waals surface area (Å²) in [4.78, 5) is 14.4. The van der Waals surface area contributed by atoms with Crippen LogP contribution in [0.5, 0.6) is 5.88 Å². The second kappa shape index (κ2) is 12.2. The van der Waals surface area contributed by atoms with Gasteiger partial charge >= 0.3 is 0 Å². The molecule has 1 saturated carbocycles. The maximum absolute atomic E-state index is 5.98. The van der Waals surface area contributed by atoms with Crippen molar-refractivity contribution in [2.24, 2.45) is 4.99 Å². The SMILES string of the molecule is CCc1cnc(CCNC(=NC)NCc2ccnc(OC3CCCC3)c2)s1.I. The lowest BCUT2D eigenvalue weighted by Crippen LogP contribution is -2.37. The fourth-order valence-corrected chi connectivity index (χ4v) is 3.99. The molecule has 8 heteroatoms. The molecule has 0 radical (unpaired) electrons. The van der Waals surface area contributed by atoms with Crippen molar-refractivity contribution in [2.75, 3.05) is 13.6 Å². The summed E-state index contributed by atoms with van der Waals surface area (Å²) in [7, 11) is 1.79. The third kappa shape index (κ3) is 7.20. The predicted octanol–water partition coefficient (Wildman–Crippen LogP) is 3.95. The molecular weight excluding hydrogens is 485 g/mol. The van der Waals surface area contributed by atoms with Crippen LogP contribution >= 0.6 is 35.3 Å². The number of ether oxygens (including phenoxy) is 1. The number of rotatable bonds is 8. The van der Waals surface area contributed by atoms with Gasteiger partial charge in [0.15, 0.2) is 5.96 Å². The highest BCUT2D eigenvalue weighted by atomic mass is 127. The summed E-state index contributed by atoms with van der Waals surface area (Å²) in [5.41, 5.74) is 1.13. The van der Waals surface area contributed by atoms with Crippen LogP contribution in [-0.2, 0) is 19.4 Å². The van der Waals surface area contributed by atoms with Gasteiger partial charge in [0.25, 0.3) is 0 Å². The van der Waals surface area contributed by atoms with E-state index in [-0.39, 0.29) is 24.0 Å². The number of halogens is 1. The second-order valence-electron chi connectivity index (χ2n) is 6.70. The van der Waals surface area contributed by atoms with E-state index in [1.807, 2.05) is 24.5 Å². The monoisotopic (exact) mass is 515 g/mol. The van der Waals surface area contributed by atoms with Crippen molar-refractivity contribution < 1.29 is 4.74 Å². The van der Waals surface area contributed by atoms with Gasteiger partial charge in [-0.1, -0.05) is 6.92 Å². The molecule has 0 bridgehead atoms. The topological polar surface area (TPSA) is 71.4 Å². The average Bonchev–Trinajstić information content (AvgIpc) is 3.36. The molecule has 1 aliphatic carbocycles.